The highest BCUT2D eigenvalue weighted by Crippen LogP contribution is 2.43. The molecular weight excluding hydrogens is 289 g/mol. The molecule has 0 atom stereocenters. The molecule has 1 aliphatic rings. The van der Waals surface area contributed by atoms with Gasteiger partial charge in [0.15, 0.2) is 5.76 Å². The molecule has 0 amide bonds. The zero-order chi connectivity index (χ0) is 13.6. The Bertz CT molecular complexity index is 662. The van der Waals surface area contributed by atoms with E-state index < -0.39 is 5.97 Å². The lowest BCUT2D eigenvalue weighted by molar-refractivity contribution is 0.0686. The third-order valence-corrected chi connectivity index (χ3v) is 3.79. The maximum absolute atomic E-state index is 10.9. The molecule has 4 nitrogen and oxygen atoms in total. The Morgan fingerprint density at radius 3 is 2.63 bits per heavy atom. The van der Waals surface area contributed by atoms with Gasteiger partial charge in [0.05, 0.1) is 5.02 Å². The molecule has 1 fully saturated rings. The van der Waals surface area contributed by atoms with Crippen molar-refractivity contribution in [1.29, 1.82) is 0 Å². The normalized spacial score (nSPS) is 14.6. The van der Waals surface area contributed by atoms with Gasteiger partial charge in [0.2, 0.25) is 5.69 Å². The van der Waals surface area contributed by atoms with Gasteiger partial charge in [-0.3, -0.25) is 0 Å². The van der Waals surface area contributed by atoms with Crippen molar-refractivity contribution < 1.29 is 14.4 Å². The first-order valence-corrected chi connectivity index (χ1v) is 6.52. The third-order valence-electron chi connectivity index (χ3n) is 3.12. The van der Waals surface area contributed by atoms with Crippen molar-refractivity contribution in [2.75, 3.05) is 0 Å². The summed E-state index contributed by atoms with van der Waals surface area (Å²) in [7, 11) is 0. The molecule has 0 spiro atoms. The highest BCUT2D eigenvalue weighted by Gasteiger charge is 2.26. The van der Waals surface area contributed by atoms with E-state index in [9.17, 15) is 4.79 Å². The zero-order valence-corrected chi connectivity index (χ0v) is 11.2. The number of halogens is 2. The number of carbonyl (C=O) groups is 1. The van der Waals surface area contributed by atoms with Crippen molar-refractivity contribution in [1.82, 2.24) is 5.16 Å². The monoisotopic (exact) mass is 297 g/mol. The summed E-state index contributed by atoms with van der Waals surface area (Å²) < 4.78 is 4.99. The zero-order valence-electron chi connectivity index (χ0n) is 9.69. The lowest BCUT2D eigenvalue weighted by Gasteiger charge is -2.04. The summed E-state index contributed by atoms with van der Waals surface area (Å²) in [6.07, 6.45) is 2.36. The van der Waals surface area contributed by atoms with Crippen LogP contribution in [0.25, 0.3) is 11.3 Å². The molecule has 6 heteroatoms. The third kappa shape index (κ3) is 2.22. The van der Waals surface area contributed by atoms with Crippen LogP contribution in [0.3, 0.4) is 0 Å². The predicted octanol–water partition coefficient (Wildman–Crippen LogP) is 4.22. The van der Waals surface area contributed by atoms with Gasteiger partial charge < -0.3 is 9.63 Å². The number of hydrogen-bond donors (Lipinski definition) is 1. The molecule has 1 saturated carbocycles. The van der Waals surface area contributed by atoms with Crippen molar-refractivity contribution >= 4 is 29.2 Å². The Hall–Kier alpha value is -1.52. The van der Waals surface area contributed by atoms with E-state index in [1.165, 1.54) is 18.4 Å². The maximum Gasteiger partial charge on any atom is 0.359 e. The molecule has 1 aromatic carbocycles. The van der Waals surface area contributed by atoms with Crippen LogP contribution in [-0.2, 0) is 0 Å². The maximum atomic E-state index is 10.9. The van der Waals surface area contributed by atoms with E-state index >= 15 is 0 Å². The second kappa shape index (κ2) is 4.54. The van der Waals surface area contributed by atoms with E-state index in [4.69, 9.17) is 32.8 Å². The highest BCUT2D eigenvalue weighted by atomic mass is 35.5. The van der Waals surface area contributed by atoms with Crippen molar-refractivity contribution in [3.63, 3.8) is 0 Å². The molecule has 0 radical (unpaired) electrons. The number of carboxylic acid groups (broad SMARTS) is 1. The average Bonchev–Trinajstić information content (AvgIpc) is 3.13. The summed E-state index contributed by atoms with van der Waals surface area (Å²) in [5.41, 5.74) is 1.43. The van der Waals surface area contributed by atoms with Crippen molar-refractivity contribution in [3.05, 3.63) is 39.5 Å². The lowest BCUT2D eigenvalue weighted by atomic mass is 10.1. The second-order valence-electron chi connectivity index (χ2n) is 4.49. The minimum atomic E-state index is -1.23. The van der Waals surface area contributed by atoms with Gasteiger partial charge in [-0.05, 0) is 36.5 Å². The van der Waals surface area contributed by atoms with Gasteiger partial charge >= 0.3 is 5.97 Å². The van der Waals surface area contributed by atoms with Crippen molar-refractivity contribution in [2.24, 2.45) is 0 Å². The number of hydrogen-bond acceptors (Lipinski definition) is 3. The molecule has 0 aliphatic heterocycles. The van der Waals surface area contributed by atoms with E-state index in [2.05, 4.69) is 5.16 Å². The standard InChI is InChI=1S/C13H9Cl2NO3/c14-9-5-7(6-1-2-6)3-4-8(9)12-10(15)11(13(17)18)16-19-12/h3-6H,1-2H2,(H,17,18). The van der Waals surface area contributed by atoms with Crippen LogP contribution in [0, 0.1) is 0 Å². The van der Waals surface area contributed by atoms with E-state index in [1.807, 2.05) is 12.1 Å². The van der Waals surface area contributed by atoms with Crippen LogP contribution in [0.15, 0.2) is 22.7 Å². The molecule has 19 heavy (non-hydrogen) atoms. The highest BCUT2D eigenvalue weighted by molar-refractivity contribution is 6.37. The largest absolute Gasteiger partial charge is 0.476 e. The lowest BCUT2D eigenvalue weighted by Crippen LogP contribution is -1.96. The smallest absolute Gasteiger partial charge is 0.359 e. The first-order chi connectivity index (χ1) is 9.08. The molecule has 1 N–H and O–H groups in total. The Morgan fingerprint density at radius 1 is 1.37 bits per heavy atom. The van der Waals surface area contributed by atoms with Crippen molar-refractivity contribution in [2.45, 2.75) is 18.8 Å². The fourth-order valence-electron chi connectivity index (χ4n) is 1.97. The van der Waals surface area contributed by atoms with Crippen LogP contribution < -0.4 is 0 Å². The second-order valence-corrected chi connectivity index (χ2v) is 5.28. The number of aromatic nitrogens is 1. The number of aromatic carboxylic acids is 1. The number of nitrogens with zero attached hydrogens (tertiary/aromatic N) is 1. The predicted molar refractivity (Wildman–Crippen MR) is 70.9 cm³/mol. The van der Waals surface area contributed by atoms with Gasteiger partial charge in [-0.1, -0.05) is 34.4 Å². The summed E-state index contributed by atoms with van der Waals surface area (Å²) in [5.74, 6) is -0.455. The first kappa shape index (κ1) is 12.5. The van der Waals surface area contributed by atoms with Gasteiger partial charge in [0.1, 0.15) is 5.02 Å². The summed E-state index contributed by atoms with van der Waals surface area (Å²) in [6.45, 7) is 0. The fraction of sp³-hybridized carbons (Fsp3) is 0.231. The minimum Gasteiger partial charge on any atom is -0.476 e. The van der Waals surface area contributed by atoms with Crippen LogP contribution in [0.2, 0.25) is 10.0 Å². The summed E-state index contributed by atoms with van der Waals surface area (Å²) in [5, 5.41) is 12.8. The summed E-state index contributed by atoms with van der Waals surface area (Å²) in [6, 6.07) is 5.61. The Labute approximate surface area is 118 Å². The summed E-state index contributed by atoms with van der Waals surface area (Å²) >= 11 is 12.1. The molecule has 1 aromatic heterocycles. The molecule has 3 rings (SSSR count). The fourth-order valence-corrected chi connectivity index (χ4v) is 2.49. The Balaban J connectivity index is 2.04. The van der Waals surface area contributed by atoms with E-state index in [0.29, 0.717) is 16.5 Å². The molecule has 0 bridgehead atoms. The average molecular weight is 298 g/mol. The van der Waals surface area contributed by atoms with Gasteiger partial charge in [0, 0.05) is 5.56 Å². The van der Waals surface area contributed by atoms with Gasteiger partial charge in [0.25, 0.3) is 0 Å². The molecule has 0 unspecified atom stereocenters. The topological polar surface area (TPSA) is 63.3 Å². The number of rotatable bonds is 3. The van der Waals surface area contributed by atoms with Crippen molar-refractivity contribution in [3.8, 4) is 11.3 Å². The molecule has 1 aliphatic carbocycles. The van der Waals surface area contributed by atoms with Gasteiger partial charge in [-0.2, -0.15) is 0 Å². The SMILES string of the molecule is O=C(O)c1noc(-c2ccc(C3CC3)cc2Cl)c1Cl. The molecule has 98 valence electrons. The van der Waals surface area contributed by atoms with Crippen LogP contribution in [0.4, 0.5) is 0 Å². The summed E-state index contributed by atoms with van der Waals surface area (Å²) in [4.78, 5) is 10.9. The molecular formula is C13H9Cl2NO3. The first-order valence-electron chi connectivity index (χ1n) is 5.76. The number of benzene rings is 1. The van der Waals surface area contributed by atoms with E-state index in [0.717, 1.165) is 0 Å². The quantitative estimate of drug-likeness (QED) is 0.921. The number of carboxylic acids is 1. The van der Waals surface area contributed by atoms with E-state index in [1.54, 1.807) is 6.07 Å². The molecule has 1 heterocycles. The Kier molecular flexibility index (Phi) is 2.99. The van der Waals surface area contributed by atoms with Crippen LogP contribution in [0.1, 0.15) is 34.8 Å². The van der Waals surface area contributed by atoms with Gasteiger partial charge in [-0.15, -0.1) is 0 Å². The minimum absolute atomic E-state index is 0.0337. The van der Waals surface area contributed by atoms with Gasteiger partial charge in [-0.25, -0.2) is 4.79 Å². The molecule has 2 aromatic rings. The van der Waals surface area contributed by atoms with Crippen LogP contribution >= 0.6 is 23.2 Å². The van der Waals surface area contributed by atoms with Crippen LogP contribution in [0.5, 0.6) is 0 Å². The Morgan fingerprint density at radius 2 is 2.11 bits per heavy atom. The van der Waals surface area contributed by atoms with E-state index in [-0.39, 0.29) is 16.5 Å². The molecule has 0 saturated heterocycles. The van der Waals surface area contributed by atoms with Crippen LogP contribution in [-0.4, -0.2) is 16.2 Å².